The van der Waals surface area contributed by atoms with Gasteiger partial charge in [0.15, 0.2) is 0 Å². The van der Waals surface area contributed by atoms with E-state index in [1.165, 1.54) is 18.3 Å². The molecule has 0 aliphatic heterocycles. The summed E-state index contributed by atoms with van der Waals surface area (Å²) in [7, 11) is 1.58. The Labute approximate surface area is 196 Å². The van der Waals surface area contributed by atoms with Crippen molar-refractivity contribution < 1.29 is 9.13 Å². The van der Waals surface area contributed by atoms with Crippen LogP contribution < -0.4 is 10.6 Å². The van der Waals surface area contributed by atoms with E-state index in [-0.39, 0.29) is 5.02 Å². The first-order chi connectivity index (χ1) is 15.5. The summed E-state index contributed by atoms with van der Waals surface area (Å²) in [6, 6.07) is 10.2. The highest BCUT2D eigenvalue weighted by Gasteiger charge is 2.14. The van der Waals surface area contributed by atoms with E-state index in [1.54, 1.807) is 24.1 Å². The van der Waals surface area contributed by atoms with Crippen LogP contribution in [0.5, 0.6) is 0 Å². The zero-order valence-corrected chi connectivity index (χ0v) is 19.1. The van der Waals surface area contributed by atoms with Crippen molar-refractivity contribution in [1.29, 1.82) is 5.26 Å². The quantitative estimate of drug-likeness (QED) is 0.348. The summed E-state index contributed by atoms with van der Waals surface area (Å²) in [4.78, 5) is 4.41. The molecule has 2 aromatic carbocycles. The number of hydrogen-bond acceptors (Lipinski definition) is 7. The molecule has 0 fully saturated rings. The molecule has 4 aromatic rings. The standard InChI is InChI=1S/C21H16BrClFN7O/c1-32-11-31-10-15(29-30-31)9-26-14-4-16-20(28-13-2-3-19(24)18(23)6-13)12(7-25)8-27-21(16)17(22)5-14/h2-6,8,10,26H,9,11H2,1H3,(H,27,28). The summed E-state index contributed by atoms with van der Waals surface area (Å²) in [5, 5.41) is 24.9. The van der Waals surface area contributed by atoms with Crippen LogP contribution in [0.4, 0.5) is 21.5 Å². The lowest BCUT2D eigenvalue weighted by Gasteiger charge is -2.14. The molecule has 4 rings (SSSR count). The Hall–Kier alpha value is -3.26. The molecule has 0 aliphatic carbocycles. The van der Waals surface area contributed by atoms with Crippen LogP contribution in [0.1, 0.15) is 11.3 Å². The Kier molecular flexibility index (Phi) is 6.50. The first-order valence-corrected chi connectivity index (χ1v) is 10.5. The maximum absolute atomic E-state index is 13.6. The Morgan fingerprint density at radius 2 is 2.12 bits per heavy atom. The van der Waals surface area contributed by atoms with Crippen molar-refractivity contribution in [2.75, 3.05) is 17.7 Å². The van der Waals surface area contributed by atoms with Gasteiger partial charge in [0, 0.05) is 34.5 Å². The number of nitriles is 1. The smallest absolute Gasteiger partial charge is 0.141 e. The van der Waals surface area contributed by atoms with Crippen molar-refractivity contribution in [2.24, 2.45) is 0 Å². The topological polar surface area (TPSA) is 101 Å². The van der Waals surface area contributed by atoms with Crippen molar-refractivity contribution in [1.82, 2.24) is 20.0 Å². The van der Waals surface area contributed by atoms with Crippen molar-refractivity contribution in [3.8, 4) is 6.07 Å². The first-order valence-electron chi connectivity index (χ1n) is 9.34. The van der Waals surface area contributed by atoms with Gasteiger partial charge in [0.05, 0.1) is 34.5 Å². The van der Waals surface area contributed by atoms with Crippen LogP contribution in [-0.4, -0.2) is 27.1 Å². The zero-order valence-electron chi connectivity index (χ0n) is 16.7. The number of ether oxygens (including phenoxy) is 1. The van der Waals surface area contributed by atoms with Crippen LogP contribution in [0.3, 0.4) is 0 Å². The Morgan fingerprint density at radius 1 is 1.28 bits per heavy atom. The zero-order chi connectivity index (χ0) is 22.7. The number of pyridine rings is 1. The molecule has 2 aromatic heterocycles. The minimum absolute atomic E-state index is 0.0167. The average molecular weight is 517 g/mol. The summed E-state index contributed by atoms with van der Waals surface area (Å²) >= 11 is 9.47. The third kappa shape index (κ3) is 4.65. The van der Waals surface area contributed by atoms with Gasteiger partial charge in [-0.25, -0.2) is 9.07 Å². The fraction of sp³-hybridized carbons (Fsp3) is 0.143. The molecule has 162 valence electrons. The van der Waals surface area contributed by atoms with Crippen LogP contribution in [-0.2, 0) is 18.0 Å². The third-order valence-electron chi connectivity index (χ3n) is 4.56. The molecule has 0 atom stereocenters. The molecule has 8 nitrogen and oxygen atoms in total. The maximum atomic E-state index is 13.6. The number of nitrogens with zero attached hydrogens (tertiary/aromatic N) is 5. The number of aromatic nitrogens is 4. The van der Waals surface area contributed by atoms with Gasteiger partial charge in [0.2, 0.25) is 0 Å². The number of rotatable bonds is 7. The van der Waals surface area contributed by atoms with Crippen molar-refractivity contribution >= 4 is 55.5 Å². The van der Waals surface area contributed by atoms with Crippen LogP contribution in [0, 0.1) is 17.1 Å². The molecule has 0 saturated carbocycles. The summed E-state index contributed by atoms with van der Waals surface area (Å²) in [5.74, 6) is -0.519. The highest BCUT2D eigenvalue weighted by Crippen LogP contribution is 2.35. The fourth-order valence-electron chi connectivity index (χ4n) is 3.11. The third-order valence-corrected chi connectivity index (χ3v) is 5.45. The highest BCUT2D eigenvalue weighted by molar-refractivity contribution is 9.10. The minimum atomic E-state index is -0.519. The van der Waals surface area contributed by atoms with E-state index in [1.807, 2.05) is 12.1 Å². The summed E-state index contributed by atoms with van der Waals surface area (Å²) in [6.45, 7) is 0.753. The van der Waals surface area contributed by atoms with Crippen LogP contribution in [0.25, 0.3) is 10.9 Å². The van der Waals surface area contributed by atoms with E-state index in [2.05, 4.69) is 47.9 Å². The van der Waals surface area contributed by atoms with Gasteiger partial charge in [-0.2, -0.15) is 5.26 Å². The second kappa shape index (κ2) is 9.48. The largest absolute Gasteiger partial charge is 0.379 e. The fourth-order valence-corrected chi connectivity index (χ4v) is 3.85. The van der Waals surface area contributed by atoms with Crippen molar-refractivity contribution in [3.63, 3.8) is 0 Å². The lowest BCUT2D eigenvalue weighted by atomic mass is 10.1. The Morgan fingerprint density at radius 3 is 2.88 bits per heavy atom. The molecule has 0 aliphatic rings. The van der Waals surface area contributed by atoms with E-state index in [9.17, 15) is 9.65 Å². The molecule has 0 unspecified atom stereocenters. The van der Waals surface area contributed by atoms with Gasteiger partial charge in [-0.05, 0) is 46.3 Å². The van der Waals surface area contributed by atoms with Crippen molar-refractivity contribution in [2.45, 2.75) is 13.3 Å². The van der Waals surface area contributed by atoms with Crippen molar-refractivity contribution in [3.05, 3.63) is 69.3 Å². The van der Waals surface area contributed by atoms with Gasteiger partial charge in [0.25, 0.3) is 0 Å². The second-order valence-electron chi connectivity index (χ2n) is 6.79. The van der Waals surface area contributed by atoms with Crippen LogP contribution in [0.2, 0.25) is 5.02 Å². The molecule has 0 saturated heterocycles. The molecule has 0 bridgehead atoms. The summed E-state index contributed by atoms with van der Waals surface area (Å²) in [6.07, 6.45) is 3.27. The monoisotopic (exact) mass is 515 g/mol. The number of anilines is 3. The van der Waals surface area contributed by atoms with Gasteiger partial charge >= 0.3 is 0 Å². The van der Waals surface area contributed by atoms with E-state index >= 15 is 0 Å². The minimum Gasteiger partial charge on any atom is -0.379 e. The Balaban J connectivity index is 1.69. The molecule has 32 heavy (non-hydrogen) atoms. The number of halogens is 3. The number of fused-ring (bicyclic) bond motifs is 1. The molecule has 0 amide bonds. The molecule has 0 spiro atoms. The highest BCUT2D eigenvalue weighted by atomic mass is 79.9. The van der Waals surface area contributed by atoms with Gasteiger partial charge in [0.1, 0.15) is 24.3 Å². The van der Waals surface area contributed by atoms with Gasteiger partial charge in [-0.3, -0.25) is 4.98 Å². The average Bonchev–Trinajstić information content (AvgIpc) is 3.23. The van der Waals surface area contributed by atoms with Crippen LogP contribution >= 0.6 is 27.5 Å². The molecular formula is C21H16BrClFN7O. The number of hydrogen-bond donors (Lipinski definition) is 2. The maximum Gasteiger partial charge on any atom is 0.141 e. The second-order valence-corrected chi connectivity index (χ2v) is 8.05. The Bertz CT molecular complexity index is 1340. The lowest BCUT2D eigenvalue weighted by Crippen LogP contribution is -2.02. The predicted molar refractivity (Wildman–Crippen MR) is 123 cm³/mol. The number of benzene rings is 2. The van der Waals surface area contributed by atoms with E-state index in [0.717, 1.165) is 15.9 Å². The molecule has 2 heterocycles. The molecular weight excluding hydrogens is 501 g/mol. The predicted octanol–water partition coefficient (Wildman–Crippen LogP) is 5.21. The summed E-state index contributed by atoms with van der Waals surface area (Å²) < 4.78 is 20.9. The van der Waals surface area contributed by atoms with E-state index in [0.29, 0.717) is 41.1 Å². The lowest BCUT2D eigenvalue weighted by molar-refractivity contribution is 0.119. The normalized spacial score (nSPS) is 10.8. The van der Waals surface area contributed by atoms with Gasteiger partial charge in [-0.15, -0.1) is 5.10 Å². The number of methoxy groups -OCH3 is 1. The van der Waals surface area contributed by atoms with Gasteiger partial charge in [-0.1, -0.05) is 16.8 Å². The molecule has 0 radical (unpaired) electrons. The molecule has 2 N–H and O–H groups in total. The molecule has 11 heteroatoms. The first kappa shape index (κ1) is 22.0. The summed E-state index contributed by atoms with van der Waals surface area (Å²) in [5.41, 5.74) is 3.60. The van der Waals surface area contributed by atoms with E-state index in [4.69, 9.17) is 16.3 Å². The van der Waals surface area contributed by atoms with Crippen LogP contribution in [0.15, 0.2) is 47.2 Å². The number of nitrogens with one attached hydrogen (secondary N) is 2. The SMILES string of the molecule is COCn1cc(CNc2cc(Br)c3ncc(C#N)c(Nc4ccc(F)c(Cl)c4)c3c2)nn1. The van der Waals surface area contributed by atoms with E-state index < -0.39 is 5.82 Å². The van der Waals surface area contributed by atoms with Gasteiger partial charge < -0.3 is 15.4 Å².